The lowest BCUT2D eigenvalue weighted by Gasteiger charge is -2.21. The third-order valence-corrected chi connectivity index (χ3v) is 7.95. The van der Waals surface area contributed by atoms with Gasteiger partial charge < -0.3 is 5.32 Å². The number of hydrogen-bond donors (Lipinski definition) is 1. The fraction of sp³-hybridized carbons (Fsp3) is 0.467. The Hall–Kier alpha value is -0.770. The van der Waals surface area contributed by atoms with Crippen molar-refractivity contribution in [2.45, 2.75) is 16.5 Å². The molecule has 3 rings (SSSR count). The van der Waals surface area contributed by atoms with Gasteiger partial charge in [-0.05, 0) is 29.9 Å². The van der Waals surface area contributed by atoms with E-state index in [1.807, 2.05) is 47.8 Å². The van der Waals surface area contributed by atoms with E-state index in [1.165, 1.54) is 17.1 Å². The molecule has 0 saturated carbocycles. The van der Waals surface area contributed by atoms with Crippen LogP contribution in [0.25, 0.3) is 0 Å². The molecule has 2 aliphatic heterocycles. The minimum absolute atomic E-state index is 0.141. The molecule has 1 aromatic carbocycles. The topological polar surface area (TPSA) is 52.9 Å². The minimum Gasteiger partial charge on any atom is -0.333 e. The molecule has 1 unspecified atom stereocenters. The van der Waals surface area contributed by atoms with Gasteiger partial charge in [-0.2, -0.15) is 17.0 Å². The van der Waals surface area contributed by atoms with Crippen LogP contribution < -0.4 is 5.32 Å². The van der Waals surface area contributed by atoms with Gasteiger partial charge in [0.2, 0.25) is 0 Å². The Labute approximate surface area is 137 Å². The van der Waals surface area contributed by atoms with Crippen molar-refractivity contribution in [3.8, 4) is 6.07 Å². The number of carbonyl (C=O) groups is 1. The number of thioether (sulfide) groups is 3. The maximum Gasteiger partial charge on any atom is 0.252 e. The van der Waals surface area contributed by atoms with Crippen LogP contribution in [0.3, 0.4) is 0 Å². The number of nitriles is 1. The molecule has 2 fully saturated rings. The number of nitrogens with one attached hydrogen (secondary N) is 1. The number of amides is 1. The van der Waals surface area contributed by atoms with Crippen LogP contribution in [0.15, 0.2) is 24.3 Å². The fourth-order valence-corrected chi connectivity index (χ4v) is 6.54. The van der Waals surface area contributed by atoms with Gasteiger partial charge in [0.1, 0.15) is 5.54 Å². The van der Waals surface area contributed by atoms with E-state index in [1.54, 1.807) is 11.8 Å². The van der Waals surface area contributed by atoms with Crippen LogP contribution in [0.1, 0.15) is 26.9 Å². The zero-order valence-corrected chi connectivity index (χ0v) is 14.0. The summed E-state index contributed by atoms with van der Waals surface area (Å²) in [6, 6.07) is 10.1. The van der Waals surface area contributed by atoms with E-state index < -0.39 is 5.54 Å². The molecule has 21 heavy (non-hydrogen) atoms. The SMILES string of the molecule is N#CC1(NC(=O)c2ccc(C3SCCS3)cc2)CCSC1. The van der Waals surface area contributed by atoms with Gasteiger partial charge >= 0.3 is 0 Å². The predicted octanol–water partition coefficient (Wildman–Crippen LogP) is 3.29. The molecule has 2 saturated heterocycles. The van der Waals surface area contributed by atoms with Crippen molar-refractivity contribution in [2.75, 3.05) is 23.0 Å². The van der Waals surface area contributed by atoms with Gasteiger partial charge in [-0.1, -0.05) is 12.1 Å². The number of hydrogen-bond acceptors (Lipinski definition) is 5. The molecule has 0 aromatic heterocycles. The van der Waals surface area contributed by atoms with Crippen LogP contribution in [-0.2, 0) is 0 Å². The van der Waals surface area contributed by atoms with Crippen molar-refractivity contribution in [3.05, 3.63) is 35.4 Å². The van der Waals surface area contributed by atoms with Gasteiger partial charge in [0, 0.05) is 22.8 Å². The van der Waals surface area contributed by atoms with Crippen molar-refractivity contribution in [1.29, 1.82) is 5.26 Å². The van der Waals surface area contributed by atoms with Crippen molar-refractivity contribution in [2.24, 2.45) is 0 Å². The van der Waals surface area contributed by atoms with E-state index in [-0.39, 0.29) is 5.91 Å². The molecule has 1 N–H and O–H groups in total. The van der Waals surface area contributed by atoms with E-state index in [9.17, 15) is 10.1 Å². The summed E-state index contributed by atoms with van der Waals surface area (Å²) in [5.41, 5.74) is 1.22. The molecule has 1 amide bonds. The lowest BCUT2D eigenvalue weighted by atomic mass is 10.0. The maximum absolute atomic E-state index is 12.3. The Morgan fingerprint density at radius 2 is 1.95 bits per heavy atom. The molecule has 2 aliphatic rings. The van der Waals surface area contributed by atoms with Gasteiger partial charge in [-0.25, -0.2) is 0 Å². The molecule has 0 aliphatic carbocycles. The summed E-state index contributed by atoms with van der Waals surface area (Å²) in [7, 11) is 0. The molecule has 110 valence electrons. The number of benzene rings is 1. The van der Waals surface area contributed by atoms with Crippen molar-refractivity contribution >= 4 is 41.2 Å². The highest BCUT2D eigenvalue weighted by molar-refractivity contribution is 8.19. The molecule has 6 heteroatoms. The third-order valence-electron chi connectivity index (χ3n) is 3.66. The number of nitrogens with zero attached hydrogens (tertiary/aromatic N) is 1. The summed E-state index contributed by atoms with van der Waals surface area (Å²) in [6.07, 6.45) is 0.730. The lowest BCUT2D eigenvalue weighted by Crippen LogP contribution is -2.47. The summed E-state index contributed by atoms with van der Waals surface area (Å²) < 4.78 is 0.499. The highest BCUT2D eigenvalue weighted by Gasteiger charge is 2.36. The normalized spacial score (nSPS) is 25.7. The largest absolute Gasteiger partial charge is 0.333 e. The average molecular weight is 337 g/mol. The molecule has 0 bridgehead atoms. The number of carbonyl (C=O) groups excluding carboxylic acids is 1. The van der Waals surface area contributed by atoms with Crippen LogP contribution >= 0.6 is 35.3 Å². The second-order valence-corrected chi connectivity index (χ2v) is 8.98. The highest BCUT2D eigenvalue weighted by Crippen LogP contribution is 2.45. The molecule has 2 heterocycles. The van der Waals surface area contributed by atoms with Crippen molar-refractivity contribution in [3.63, 3.8) is 0 Å². The molecule has 0 spiro atoms. The lowest BCUT2D eigenvalue weighted by molar-refractivity contribution is 0.0926. The summed E-state index contributed by atoms with van der Waals surface area (Å²) in [5.74, 6) is 3.86. The quantitative estimate of drug-likeness (QED) is 0.918. The standard InChI is InChI=1S/C15H16N2OS3/c16-9-15(5-6-19-10-15)17-13(18)11-1-3-12(4-2-11)14-20-7-8-21-14/h1-4,14H,5-8,10H2,(H,17,18). The zero-order chi connectivity index (χ0) is 14.7. The Kier molecular flexibility index (Phi) is 4.72. The van der Waals surface area contributed by atoms with Gasteiger partial charge in [0.05, 0.1) is 10.7 Å². The van der Waals surface area contributed by atoms with Gasteiger partial charge in [0.25, 0.3) is 5.91 Å². The Morgan fingerprint density at radius 3 is 2.52 bits per heavy atom. The van der Waals surface area contributed by atoms with Gasteiger partial charge in [-0.15, -0.1) is 23.5 Å². The Morgan fingerprint density at radius 1 is 1.24 bits per heavy atom. The van der Waals surface area contributed by atoms with Crippen LogP contribution in [0.2, 0.25) is 0 Å². The van der Waals surface area contributed by atoms with E-state index in [0.717, 1.165) is 12.2 Å². The van der Waals surface area contributed by atoms with Crippen LogP contribution in [0.4, 0.5) is 0 Å². The molecule has 3 nitrogen and oxygen atoms in total. The average Bonchev–Trinajstić information content (AvgIpc) is 3.19. The smallest absolute Gasteiger partial charge is 0.252 e. The highest BCUT2D eigenvalue weighted by atomic mass is 32.2. The number of rotatable bonds is 3. The summed E-state index contributed by atoms with van der Waals surface area (Å²) in [5, 5.41) is 12.2. The fourth-order valence-electron chi connectivity index (χ4n) is 2.41. The summed E-state index contributed by atoms with van der Waals surface area (Å²) in [4.78, 5) is 12.3. The molecular weight excluding hydrogens is 320 g/mol. The van der Waals surface area contributed by atoms with Crippen molar-refractivity contribution < 1.29 is 4.79 Å². The Bertz CT molecular complexity index is 555. The van der Waals surface area contributed by atoms with E-state index >= 15 is 0 Å². The molecule has 0 radical (unpaired) electrons. The summed E-state index contributed by atoms with van der Waals surface area (Å²) in [6.45, 7) is 0. The molecule has 1 atom stereocenters. The van der Waals surface area contributed by atoms with Gasteiger partial charge in [0.15, 0.2) is 0 Å². The van der Waals surface area contributed by atoms with Crippen molar-refractivity contribution in [1.82, 2.24) is 5.32 Å². The van der Waals surface area contributed by atoms with Crippen LogP contribution in [0.5, 0.6) is 0 Å². The minimum atomic E-state index is -0.683. The zero-order valence-electron chi connectivity index (χ0n) is 11.5. The van der Waals surface area contributed by atoms with Crippen LogP contribution in [-0.4, -0.2) is 34.5 Å². The third kappa shape index (κ3) is 3.36. The van der Waals surface area contributed by atoms with Crippen LogP contribution in [0, 0.1) is 11.3 Å². The first-order valence-corrected chi connectivity index (χ1v) is 10.1. The van der Waals surface area contributed by atoms with E-state index in [2.05, 4.69) is 11.4 Å². The Balaban J connectivity index is 1.69. The summed E-state index contributed by atoms with van der Waals surface area (Å²) >= 11 is 5.63. The first kappa shape index (κ1) is 15.1. The van der Waals surface area contributed by atoms with E-state index in [0.29, 0.717) is 15.9 Å². The predicted molar refractivity (Wildman–Crippen MR) is 91.9 cm³/mol. The second-order valence-electron chi connectivity index (χ2n) is 5.15. The second kappa shape index (κ2) is 6.55. The maximum atomic E-state index is 12.3. The monoisotopic (exact) mass is 336 g/mol. The van der Waals surface area contributed by atoms with Gasteiger partial charge in [-0.3, -0.25) is 4.79 Å². The first-order chi connectivity index (χ1) is 10.2. The molecule has 1 aromatic rings. The molecular formula is C15H16N2OS3. The van der Waals surface area contributed by atoms with E-state index in [4.69, 9.17) is 0 Å². The first-order valence-electron chi connectivity index (χ1n) is 6.87.